The average molecular weight is 221 g/mol. The van der Waals surface area contributed by atoms with Gasteiger partial charge in [0.2, 0.25) is 5.95 Å². The molecule has 84 valence electrons. The van der Waals surface area contributed by atoms with E-state index >= 15 is 0 Å². The van der Waals surface area contributed by atoms with Crippen molar-refractivity contribution in [3.63, 3.8) is 0 Å². The van der Waals surface area contributed by atoms with Crippen molar-refractivity contribution >= 4 is 17.1 Å². The molecule has 0 amide bonds. The van der Waals surface area contributed by atoms with Crippen molar-refractivity contribution in [3.05, 3.63) is 33.5 Å². The van der Waals surface area contributed by atoms with Crippen LogP contribution in [0.1, 0.15) is 0 Å². The van der Waals surface area contributed by atoms with Gasteiger partial charge in [-0.05, 0) is 0 Å². The van der Waals surface area contributed by atoms with Crippen molar-refractivity contribution < 1.29 is 0 Å². The fourth-order valence-corrected chi connectivity index (χ4v) is 1.57. The SMILES string of the molecule is C=CCn1c(N)nc2c1c(=O)[nH]c(=O)n2C. The van der Waals surface area contributed by atoms with Crippen LogP contribution in [0.25, 0.3) is 11.2 Å². The summed E-state index contributed by atoms with van der Waals surface area (Å²) in [6, 6.07) is 0. The van der Waals surface area contributed by atoms with E-state index in [1.807, 2.05) is 0 Å². The Labute approximate surface area is 89.8 Å². The molecule has 0 aliphatic rings. The first-order valence-electron chi connectivity index (χ1n) is 4.62. The number of aryl methyl sites for hydroxylation is 1. The molecular weight excluding hydrogens is 210 g/mol. The Bertz CT molecular complexity index is 675. The molecule has 2 rings (SSSR count). The fourth-order valence-electron chi connectivity index (χ4n) is 1.57. The molecule has 0 atom stereocenters. The van der Waals surface area contributed by atoms with Crippen LogP contribution in [-0.4, -0.2) is 19.1 Å². The molecule has 7 heteroatoms. The van der Waals surface area contributed by atoms with E-state index in [0.717, 1.165) is 0 Å². The highest BCUT2D eigenvalue weighted by atomic mass is 16.2. The number of aromatic nitrogens is 4. The van der Waals surface area contributed by atoms with Crippen LogP contribution in [0.15, 0.2) is 22.2 Å². The largest absolute Gasteiger partial charge is 0.369 e. The lowest BCUT2D eigenvalue weighted by Gasteiger charge is -2.01. The molecule has 0 aliphatic carbocycles. The van der Waals surface area contributed by atoms with Gasteiger partial charge in [0.05, 0.1) is 0 Å². The molecule has 0 radical (unpaired) electrons. The fraction of sp³-hybridized carbons (Fsp3) is 0.222. The maximum Gasteiger partial charge on any atom is 0.329 e. The molecule has 0 saturated heterocycles. The molecule has 2 aromatic rings. The first-order chi connectivity index (χ1) is 7.56. The molecule has 0 aromatic carbocycles. The van der Waals surface area contributed by atoms with Crippen LogP contribution in [0.3, 0.4) is 0 Å². The van der Waals surface area contributed by atoms with E-state index in [2.05, 4.69) is 16.5 Å². The molecule has 0 saturated carbocycles. The number of hydrogen-bond acceptors (Lipinski definition) is 4. The first kappa shape index (κ1) is 10.2. The molecule has 16 heavy (non-hydrogen) atoms. The van der Waals surface area contributed by atoms with E-state index in [0.29, 0.717) is 6.54 Å². The second kappa shape index (κ2) is 3.37. The van der Waals surface area contributed by atoms with E-state index in [1.165, 1.54) is 16.2 Å². The third-order valence-corrected chi connectivity index (χ3v) is 2.35. The van der Waals surface area contributed by atoms with Crippen LogP contribution in [0.4, 0.5) is 5.95 Å². The maximum atomic E-state index is 11.6. The third-order valence-electron chi connectivity index (χ3n) is 2.35. The highest BCUT2D eigenvalue weighted by Crippen LogP contribution is 2.11. The van der Waals surface area contributed by atoms with Gasteiger partial charge in [0.15, 0.2) is 11.2 Å². The number of nitrogens with one attached hydrogen (secondary N) is 1. The van der Waals surface area contributed by atoms with Crippen LogP contribution in [0, 0.1) is 0 Å². The first-order valence-corrected chi connectivity index (χ1v) is 4.62. The molecule has 0 spiro atoms. The van der Waals surface area contributed by atoms with Gasteiger partial charge in [-0.15, -0.1) is 6.58 Å². The second-order valence-electron chi connectivity index (χ2n) is 3.36. The number of fused-ring (bicyclic) bond motifs is 1. The molecule has 3 N–H and O–H groups in total. The summed E-state index contributed by atoms with van der Waals surface area (Å²) in [5, 5.41) is 0. The number of nitrogen functional groups attached to an aromatic ring is 1. The summed E-state index contributed by atoms with van der Waals surface area (Å²) in [5.74, 6) is 0.182. The van der Waals surface area contributed by atoms with E-state index in [-0.39, 0.29) is 17.1 Å². The number of aromatic amines is 1. The molecule has 0 unspecified atom stereocenters. The predicted octanol–water partition coefficient (Wildman–Crippen LogP) is -0.808. The molecule has 0 bridgehead atoms. The Kier molecular flexibility index (Phi) is 2.15. The summed E-state index contributed by atoms with van der Waals surface area (Å²) in [6.07, 6.45) is 1.60. The summed E-state index contributed by atoms with van der Waals surface area (Å²) < 4.78 is 2.74. The minimum absolute atomic E-state index is 0.182. The summed E-state index contributed by atoms with van der Waals surface area (Å²) >= 11 is 0. The second-order valence-corrected chi connectivity index (χ2v) is 3.36. The van der Waals surface area contributed by atoms with Gasteiger partial charge < -0.3 is 10.3 Å². The Morgan fingerprint density at radius 3 is 2.88 bits per heavy atom. The van der Waals surface area contributed by atoms with E-state index in [4.69, 9.17) is 5.73 Å². The van der Waals surface area contributed by atoms with E-state index in [9.17, 15) is 9.59 Å². The average Bonchev–Trinajstić information content (AvgIpc) is 2.54. The van der Waals surface area contributed by atoms with E-state index in [1.54, 1.807) is 6.08 Å². The number of imidazole rings is 1. The van der Waals surface area contributed by atoms with Crippen LogP contribution in [-0.2, 0) is 13.6 Å². The third kappa shape index (κ3) is 1.25. The summed E-state index contributed by atoms with van der Waals surface area (Å²) in [4.78, 5) is 29.2. The molecule has 0 fully saturated rings. The number of anilines is 1. The zero-order valence-corrected chi connectivity index (χ0v) is 8.73. The number of nitrogens with two attached hydrogens (primary N) is 1. The summed E-state index contributed by atoms with van der Waals surface area (Å²) in [5.41, 5.74) is 5.20. The topological polar surface area (TPSA) is 98.7 Å². The number of allylic oxidation sites excluding steroid dienone is 1. The van der Waals surface area contributed by atoms with Crippen molar-refractivity contribution in [1.29, 1.82) is 0 Å². The molecular formula is C9H11N5O2. The quantitative estimate of drug-likeness (QED) is 0.648. The van der Waals surface area contributed by atoms with E-state index < -0.39 is 11.2 Å². The smallest absolute Gasteiger partial charge is 0.329 e. The van der Waals surface area contributed by atoms with Crippen molar-refractivity contribution in [2.24, 2.45) is 7.05 Å². The van der Waals surface area contributed by atoms with Gasteiger partial charge in [-0.3, -0.25) is 14.3 Å². The van der Waals surface area contributed by atoms with Gasteiger partial charge in [-0.2, -0.15) is 4.98 Å². The van der Waals surface area contributed by atoms with Gasteiger partial charge in [0.1, 0.15) is 0 Å². The van der Waals surface area contributed by atoms with Gasteiger partial charge in [-0.1, -0.05) is 6.08 Å². The van der Waals surface area contributed by atoms with Crippen LogP contribution in [0.2, 0.25) is 0 Å². The minimum atomic E-state index is -0.513. The summed E-state index contributed by atoms with van der Waals surface area (Å²) in [7, 11) is 1.52. The van der Waals surface area contributed by atoms with Crippen molar-refractivity contribution in [2.75, 3.05) is 5.73 Å². The Morgan fingerprint density at radius 1 is 1.56 bits per heavy atom. The molecule has 7 nitrogen and oxygen atoms in total. The summed E-state index contributed by atoms with van der Waals surface area (Å²) in [6.45, 7) is 3.93. The predicted molar refractivity (Wildman–Crippen MR) is 60.2 cm³/mol. The number of nitrogens with zero attached hydrogens (tertiary/aromatic N) is 3. The van der Waals surface area contributed by atoms with Crippen molar-refractivity contribution in [2.45, 2.75) is 6.54 Å². The normalized spacial score (nSPS) is 10.8. The zero-order valence-electron chi connectivity index (χ0n) is 8.73. The zero-order chi connectivity index (χ0) is 11.9. The molecule has 2 heterocycles. The van der Waals surface area contributed by atoms with Gasteiger partial charge in [0, 0.05) is 13.6 Å². The van der Waals surface area contributed by atoms with Gasteiger partial charge in [-0.25, -0.2) is 4.79 Å². The molecule has 2 aromatic heterocycles. The standard InChI is InChI=1S/C9H11N5O2/c1-3-4-14-5-6(11-8(14)10)13(2)9(16)12-7(5)15/h3H,1,4H2,2H3,(H2,10,11)(H,12,15,16). The highest BCUT2D eigenvalue weighted by Gasteiger charge is 2.14. The van der Waals surface area contributed by atoms with Crippen molar-refractivity contribution in [3.8, 4) is 0 Å². The lowest BCUT2D eigenvalue weighted by molar-refractivity contribution is 0.821. The van der Waals surface area contributed by atoms with Gasteiger partial charge >= 0.3 is 5.69 Å². The molecule has 0 aliphatic heterocycles. The number of hydrogen-bond donors (Lipinski definition) is 2. The van der Waals surface area contributed by atoms with Gasteiger partial charge in [0.25, 0.3) is 5.56 Å². The minimum Gasteiger partial charge on any atom is -0.369 e. The van der Waals surface area contributed by atoms with Crippen LogP contribution >= 0.6 is 0 Å². The Hall–Kier alpha value is -2.31. The highest BCUT2D eigenvalue weighted by molar-refractivity contribution is 5.73. The lowest BCUT2D eigenvalue weighted by Crippen LogP contribution is -2.29. The van der Waals surface area contributed by atoms with Crippen LogP contribution in [0.5, 0.6) is 0 Å². The number of H-pyrrole nitrogens is 1. The Balaban J connectivity index is 3.00. The van der Waals surface area contributed by atoms with Crippen molar-refractivity contribution in [1.82, 2.24) is 19.1 Å². The monoisotopic (exact) mass is 221 g/mol. The number of rotatable bonds is 2. The maximum absolute atomic E-state index is 11.6. The lowest BCUT2D eigenvalue weighted by atomic mass is 10.5. The Morgan fingerprint density at radius 2 is 2.25 bits per heavy atom. The van der Waals surface area contributed by atoms with Crippen LogP contribution < -0.4 is 17.0 Å².